The van der Waals surface area contributed by atoms with Crippen LogP contribution >= 0.6 is 0 Å². The van der Waals surface area contributed by atoms with Gasteiger partial charge < -0.3 is 19.5 Å². The van der Waals surface area contributed by atoms with Gasteiger partial charge in [0.15, 0.2) is 0 Å². The first-order chi connectivity index (χ1) is 9.45. The maximum absolute atomic E-state index is 12.3. The minimum absolute atomic E-state index is 0.0536. The summed E-state index contributed by atoms with van der Waals surface area (Å²) in [6.07, 6.45) is 1.40. The number of nitrogens with one attached hydrogen (secondary N) is 1. The van der Waals surface area contributed by atoms with Crippen molar-refractivity contribution in [1.29, 1.82) is 0 Å². The first-order valence-electron chi connectivity index (χ1n) is 6.12. The molecule has 0 aromatic carbocycles. The highest BCUT2D eigenvalue weighted by Gasteiger charge is 2.19. The van der Waals surface area contributed by atoms with Crippen LogP contribution < -0.4 is 5.56 Å². The van der Waals surface area contributed by atoms with E-state index in [0.29, 0.717) is 6.61 Å². The van der Waals surface area contributed by atoms with E-state index >= 15 is 0 Å². The van der Waals surface area contributed by atoms with Crippen LogP contribution in [0.2, 0.25) is 0 Å². The summed E-state index contributed by atoms with van der Waals surface area (Å²) in [5.74, 6) is -0.567. The highest BCUT2D eigenvalue weighted by molar-refractivity contribution is 5.96. The van der Waals surface area contributed by atoms with E-state index in [1.807, 2.05) is 0 Å². The highest BCUT2D eigenvalue weighted by Crippen LogP contribution is 2.02. The molecule has 0 spiro atoms. The van der Waals surface area contributed by atoms with E-state index in [0.717, 1.165) is 0 Å². The van der Waals surface area contributed by atoms with Gasteiger partial charge >= 0.3 is 0 Å². The Morgan fingerprint density at radius 3 is 2.60 bits per heavy atom. The van der Waals surface area contributed by atoms with Crippen molar-refractivity contribution in [3.05, 3.63) is 34.2 Å². The molecule has 0 bridgehead atoms. The second-order valence-corrected chi connectivity index (χ2v) is 4.45. The Morgan fingerprint density at radius 2 is 2.05 bits per heavy atom. The predicted molar refractivity (Wildman–Crippen MR) is 73.5 cm³/mol. The normalized spacial score (nSPS) is 10.2. The van der Waals surface area contributed by atoms with E-state index < -0.39 is 0 Å². The Hall–Kier alpha value is -2.15. The summed E-state index contributed by atoms with van der Waals surface area (Å²) in [7, 11) is 4.76. The van der Waals surface area contributed by atoms with Gasteiger partial charge in [-0.1, -0.05) is 0 Å². The monoisotopic (exact) mass is 281 g/mol. The van der Waals surface area contributed by atoms with E-state index in [1.54, 1.807) is 14.1 Å². The van der Waals surface area contributed by atoms with Crippen molar-refractivity contribution in [1.82, 2.24) is 14.8 Å². The van der Waals surface area contributed by atoms with Crippen LogP contribution in [0.4, 0.5) is 0 Å². The summed E-state index contributed by atoms with van der Waals surface area (Å²) in [6, 6.07) is 2.71. The molecule has 1 heterocycles. The molecule has 0 saturated heterocycles. The second kappa shape index (κ2) is 7.44. The molecule has 0 aliphatic rings. The number of ether oxygens (including phenoxy) is 1. The summed E-state index contributed by atoms with van der Waals surface area (Å²) in [5, 5.41) is 0. The molecule has 0 aliphatic carbocycles. The van der Waals surface area contributed by atoms with Crippen molar-refractivity contribution in [2.75, 3.05) is 40.9 Å². The molecule has 0 aliphatic heterocycles. The zero-order valence-electron chi connectivity index (χ0n) is 11.9. The number of pyridine rings is 1. The molecule has 0 saturated carbocycles. The smallest absolute Gasteiger partial charge is 0.254 e. The fraction of sp³-hybridized carbons (Fsp3) is 0.462. The maximum Gasteiger partial charge on any atom is 0.254 e. The van der Waals surface area contributed by atoms with Gasteiger partial charge in [-0.3, -0.25) is 14.4 Å². The zero-order valence-corrected chi connectivity index (χ0v) is 11.9. The van der Waals surface area contributed by atoms with Crippen molar-refractivity contribution in [3.63, 3.8) is 0 Å². The third kappa shape index (κ3) is 4.51. The van der Waals surface area contributed by atoms with Gasteiger partial charge in [0, 0.05) is 45.6 Å². The van der Waals surface area contributed by atoms with Crippen molar-refractivity contribution >= 4 is 11.8 Å². The molecule has 1 rings (SSSR count). The summed E-state index contributed by atoms with van der Waals surface area (Å²) in [6.45, 7) is 0.541. The maximum atomic E-state index is 12.3. The van der Waals surface area contributed by atoms with Gasteiger partial charge in [0.2, 0.25) is 11.5 Å². The number of methoxy groups -OCH3 is 1. The van der Waals surface area contributed by atoms with E-state index in [2.05, 4.69) is 4.98 Å². The lowest BCUT2D eigenvalue weighted by atomic mass is 10.2. The Balaban J connectivity index is 2.89. The molecule has 0 fully saturated rings. The standard InChI is InChI=1S/C13H19N3O4/c1-15(2)12(18)9-16(6-7-20-3)13(19)10-4-5-14-11(17)8-10/h4-5,8H,6-7,9H2,1-3H3,(H,14,17). The minimum atomic E-state index is -0.372. The molecule has 7 heteroatoms. The Morgan fingerprint density at radius 1 is 1.35 bits per heavy atom. The minimum Gasteiger partial charge on any atom is -0.383 e. The average Bonchev–Trinajstić information content (AvgIpc) is 2.42. The lowest BCUT2D eigenvalue weighted by molar-refractivity contribution is -0.129. The van der Waals surface area contributed by atoms with E-state index in [1.165, 1.54) is 35.2 Å². The lowest BCUT2D eigenvalue weighted by Gasteiger charge is -2.23. The second-order valence-electron chi connectivity index (χ2n) is 4.45. The summed E-state index contributed by atoms with van der Waals surface area (Å²) in [5.41, 5.74) is -0.113. The quantitative estimate of drug-likeness (QED) is 0.765. The number of hydrogen-bond acceptors (Lipinski definition) is 4. The van der Waals surface area contributed by atoms with Crippen molar-refractivity contribution in [3.8, 4) is 0 Å². The zero-order chi connectivity index (χ0) is 15.1. The van der Waals surface area contributed by atoms with E-state index in [-0.39, 0.29) is 36.0 Å². The van der Waals surface area contributed by atoms with Crippen LogP contribution in [0.3, 0.4) is 0 Å². The first-order valence-corrected chi connectivity index (χ1v) is 6.12. The molecular formula is C13H19N3O4. The highest BCUT2D eigenvalue weighted by atomic mass is 16.5. The Labute approximate surface area is 117 Å². The van der Waals surface area contributed by atoms with Crippen LogP contribution in [0.15, 0.2) is 23.1 Å². The number of aromatic amines is 1. The fourth-order valence-corrected chi connectivity index (χ4v) is 1.52. The molecule has 110 valence electrons. The number of amides is 2. The molecule has 1 aromatic heterocycles. The van der Waals surface area contributed by atoms with Gasteiger partial charge in [-0.15, -0.1) is 0 Å². The summed E-state index contributed by atoms with van der Waals surface area (Å²) < 4.78 is 4.94. The van der Waals surface area contributed by atoms with Gasteiger partial charge in [0.1, 0.15) is 6.54 Å². The third-order valence-electron chi connectivity index (χ3n) is 2.70. The number of carbonyl (C=O) groups excluding carboxylic acids is 2. The van der Waals surface area contributed by atoms with Crippen LogP contribution in [0.5, 0.6) is 0 Å². The number of likely N-dealkylation sites (N-methyl/N-ethyl adjacent to an activating group) is 1. The largest absolute Gasteiger partial charge is 0.383 e. The molecule has 2 amide bonds. The fourth-order valence-electron chi connectivity index (χ4n) is 1.52. The number of rotatable bonds is 6. The molecule has 0 atom stereocenters. The van der Waals surface area contributed by atoms with Crippen LogP contribution in [0.25, 0.3) is 0 Å². The summed E-state index contributed by atoms with van der Waals surface area (Å²) in [4.78, 5) is 40.5. The molecule has 0 unspecified atom stereocenters. The van der Waals surface area contributed by atoms with Crippen LogP contribution in [-0.4, -0.2) is 67.5 Å². The first kappa shape index (κ1) is 15.9. The van der Waals surface area contributed by atoms with Crippen molar-refractivity contribution in [2.24, 2.45) is 0 Å². The summed E-state index contributed by atoms with van der Waals surface area (Å²) >= 11 is 0. The number of nitrogens with zero attached hydrogens (tertiary/aromatic N) is 2. The van der Waals surface area contributed by atoms with Gasteiger partial charge in [-0.2, -0.15) is 0 Å². The van der Waals surface area contributed by atoms with Crippen LogP contribution in [-0.2, 0) is 9.53 Å². The molecule has 20 heavy (non-hydrogen) atoms. The van der Waals surface area contributed by atoms with Crippen molar-refractivity contribution in [2.45, 2.75) is 0 Å². The average molecular weight is 281 g/mol. The van der Waals surface area contributed by atoms with Crippen LogP contribution in [0, 0.1) is 0 Å². The SMILES string of the molecule is COCCN(CC(=O)N(C)C)C(=O)c1cc[nH]c(=O)c1. The van der Waals surface area contributed by atoms with Gasteiger partial charge in [0.25, 0.3) is 5.91 Å². The molecule has 1 aromatic rings. The lowest BCUT2D eigenvalue weighted by Crippen LogP contribution is -2.42. The Bertz CT molecular complexity index is 524. The van der Waals surface area contributed by atoms with Gasteiger partial charge in [-0.05, 0) is 6.07 Å². The van der Waals surface area contributed by atoms with Crippen molar-refractivity contribution < 1.29 is 14.3 Å². The van der Waals surface area contributed by atoms with E-state index in [9.17, 15) is 14.4 Å². The van der Waals surface area contributed by atoms with E-state index in [4.69, 9.17) is 4.74 Å². The molecule has 1 N–H and O–H groups in total. The van der Waals surface area contributed by atoms with Crippen LogP contribution in [0.1, 0.15) is 10.4 Å². The molecule has 0 radical (unpaired) electrons. The van der Waals surface area contributed by atoms with Gasteiger partial charge in [0.05, 0.1) is 6.61 Å². The molecule has 7 nitrogen and oxygen atoms in total. The Kier molecular flexibility index (Phi) is 5.92. The third-order valence-corrected chi connectivity index (χ3v) is 2.70. The molecular weight excluding hydrogens is 262 g/mol. The van der Waals surface area contributed by atoms with Gasteiger partial charge in [-0.25, -0.2) is 0 Å². The topological polar surface area (TPSA) is 82.7 Å². The number of carbonyl (C=O) groups is 2. The predicted octanol–water partition coefficient (Wildman–Crippen LogP) is -0.448. The number of H-pyrrole nitrogens is 1. The number of aromatic nitrogens is 1. The number of hydrogen-bond donors (Lipinski definition) is 1.